The van der Waals surface area contributed by atoms with Gasteiger partial charge in [0.25, 0.3) is 0 Å². The smallest absolute Gasteiger partial charge is 0.248 e. The number of aromatic nitrogens is 3. The van der Waals surface area contributed by atoms with Gasteiger partial charge < -0.3 is 15.7 Å². The molecule has 2 aromatic carbocycles. The van der Waals surface area contributed by atoms with Crippen LogP contribution in [-0.4, -0.2) is 44.0 Å². The molecule has 3 atom stereocenters. The quantitative estimate of drug-likeness (QED) is 0.351. The second kappa shape index (κ2) is 9.87. The third-order valence-electron chi connectivity index (χ3n) is 8.16. The summed E-state index contributed by atoms with van der Waals surface area (Å²) in [4.78, 5) is 19.2. The van der Waals surface area contributed by atoms with E-state index in [1.807, 2.05) is 30.5 Å². The van der Waals surface area contributed by atoms with Gasteiger partial charge in [-0.05, 0) is 80.5 Å². The van der Waals surface area contributed by atoms with Crippen molar-refractivity contribution in [2.75, 3.05) is 4.90 Å². The topological polar surface area (TPSA) is 97.3 Å². The van der Waals surface area contributed by atoms with E-state index in [9.17, 15) is 9.90 Å². The van der Waals surface area contributed by atoms with Crippen LogP contribution in [0.25, 0.3) is 22.2 Å². The first-order valence-electron chi connectivity index (χ1n) is 13.7. The number of fused-ring (bicyclic) bond motifs is 3. The summed E-state index contributed by atoms with van der Waals surface area (Å²) in [6, 6.07) is 21.0. The van der Waals surface area contributed by atoms with Gasteiger partial charge in [-0.25, -0.2) is 0 Å². The van der Waals surface area contributed by atoms with Gasteiger partial charge in [0.05, 0.1) is 23.4 Å². The van der Waals surface area contributed by atoms with Crippen LogP contribution in [0.1, 0.15) is 68.0 Å². The van der Waals surface area contributed by atoms with Crippen molar-refractivity contribution in [1.82, 2.24) is 14.8 Å². The molecule has 3 N–H and O–H groups in total. The zero-order valence-corrected chi connectivity index (χ0v) is 22.0. The highest BCUT2D eigenvalue weighted by Gasteiger charge is 2.40. The van der Waals surface area contributed by atoms with Crippen molar-refractivity contribution in [2.24, 2.45) is 11.7 Å². The highest BCUT2D eigenvalue weighted by Crippen LogP contribution is 2.40. The minimum atomic E-state index is -0.452. The van der Waals surface area contributed by atoms with E-state index in [2.05, 4.69) is 58.7 Å². The van der Waals surface area contributed by atoms with E-state index in [1.165, 1.54) is 5.69 Å². The molecule has 38 heavy (non-hydrogen) atoms. The number of nitrogens with zero attached hydrogens (tertiary/aromatic N) is 4. The molecule has 4 heterocycles. The monoisotopic (exact) mass is 509 g/mol. The molecule has 7 heteroatoms. The number of hydrogen-bond acceptors (Lipinski definition) is 5. The van der Waals surface area contributed by atoms with Gasteiger partial charge in [0.15, 0.2) is 0 Å². The fourth-order valence-corrected chi connectivity index (χ4v) is 6.47. The normalized spacial score (nSPS) is 21.8. The molecule has 7 nitrogen and oxygen atoms in total. The Morgan fingerprint density at radius 1 is 1.05 bits per heavy atom. The van der Waals surface area contributed by atoms with Crippen molar-refractivity contribution < 1.29 is 9.90 Å². The number of aliphatic hydroxyl groups is 1. The Morgan fingerprint density at radius 2 is 1.79 bits per heavy atom. The van der Waals surface area contributed by atoms with E-state index in [4.69, 9.17) is 10.8 Å². The number of carbonyl (C=O) groups is 1. The fourth-order valence-electron chi connectivity index (χ4n) is 6.47. The summed E-state index contributed by atoms with van der Waals surface area (Å²) < 4.78 is 2.07. The molecule has 0 saturated carbocycles. The summed E-state index contributed by atoms with van der Waals surface area (Å²) in [5.74, 6) is -0.0144. The molecule has 196 valence electrons. The Kier molecular flexibility index (Phi) is 6.40. The van der Waals surface area contributed by atoms with E-state index in [0.717, 1.165) is 60.0 Å². The first-order chi connectivity index (χ1) is 18.4. The van der Waals surface area contributed by atoms with Gasteiger partial charge in [0, 0.05) is 40.5 Å². The molecular formula is C31H35N5O2. The van der Waals surface area contributed by atoms with Gasteiger partial charge in [-0.2, -0.15) is 5.10 Å². The van der Waals surface area contributed by atoms with Gasteiger partial charge in [-0.15, -0.1) is 0 Å². The average molecular weight is 510 g/mol. The third kappa shape index (κ3) is 4.45. The maximum absolute atomic E-state index is 12.1. The van der Waals surface area contributed by atoms with E-state index < -0.39 is 5.91 Å². The fraction of sp³-hybridized carbons (Fsp3) is 0.387. The van der Waals surface area contributed by atoms with Crippen molar-refractivity contribution >= 4 is 22.5 Å². The van der Waals surface area contributed by atoms with Crippen LogP contribution in [0.2, 0.25) is 0 Å². The number of piperidine rings is 1. The summed E-state index contributed by atoms with van der Waals surface area (Å²) in [7, 11) is 0. The second-order valence-electron chi connectivity index (χ2n) is 11.3. The lowest BCUT2D eigenvalue weighted by atomic mass is 9.98. The first kappa shape index (κ1) is 24.6. The van der Waals surface area contributed by atoms with Crippen molar-refractivity contribution in [1.29, 1.82) is 0 Å². The minimum absolute atomic E-state index is 0.0402. The van der Waals surface area contributed by atoms with Crippen LogP contribution in [0, 0.1) is 5.92 Å². The lowest BCUT2D eigenvalue weighted by molar-refractivity contribution is 0.100. The van der Waals surface area contributed by atoms with E-state index >= 15 is 0 Å². The van der Waals surface area contributed by atoms with Crippen LogP contribution in [0.5, 0.6) is 0 Å². The zero-order chi connectivity index (χ0) is 26.4. The number of pyridine rings is 1. The predicted octanol–water partition coefficient (Wildman–Crippen LogP) is 5.32. The van der Waals surface area contributed by atoms with Crippen LogP contribution in [-0.2, 0) is 0 Å². The molecule has 4 aromatic rings. The summed E-state index contributed by atoms with van der Waals surface area (Å²) in [6.07, 6.45) is 6.48. The van der Waals surface area contributed by atoms with Crippen molar-refractivity contribution in [2.45, 2.75) is 70.2 Å². The van der Waals surface area contributed by atoms with Crippen LogP contribution in [0.15, 0.2) is 66.9 Å². The number of aliphatic hydroxyl groups excluding tert-OH is 1. The third-order valence-corrected chi connectivity index (χ3v) is 8.16. The number of amides is 1. The van der Waals surface area contributed by atoms with Gasteiger partial charge in [-0.1, -0.05) is 32.0 Å². The highest BCUT2D eigenvalue weighted by atomic mass is 16.3. The second-order valence-corrected chi connectivity index (χ2v) is 11.3. The molecule has 2 saturated heterocycles. The Balaban J connectivity index is 1.44. The predicted molar refractivity (Wildman–Crippen MR) is 150 cm³/mol. The molecule has 2 bridgehead atoms. The van der Waals surface area contributed by atoms with Crippen LogP contribution in [0.3, 0.4) is 0 Å². The van der Waals surface area contributed by atoms with E-state index in [1.54, 1.807) is 6.07 Å². The number of carbonyl (C=O) groups excluding carboxylic acids is 1. The number of nitrogens with two attached hydrogens (primary N) is 1. The molecule has 0 aliphatic carbocycles. The van der Waals surface area contributed by atoms with Crippen LogP contribution >= 0.6 is 0 Å². The lowest BCUT2D eigenvalue weighted by Crippen LogP contribution is -2.44. The number of hydrogen-bond donors (Lipinski definition) is 2. The zero-order valence-electron chi connectivity index (χ0n) is 22.0. The molecular weight excluding hydrogens is 474 g/mol. The first-order valence-corrected chi connectivity index (χ1v) is 13.7. The van der Waals surface area contributed by atoms with E-state index in [-0.39, 0.29) is 12.1 Å². The number of benzene rings is 2. The average Bonchev–Trinajstić information content (AvgIpc) is 3.42. The molecule has 0 radical (unpaired) electrons. The number of anilines is 1. The van der Waals surface area contributed by atoms with Crippen LogP contribution < -0.4 is 10.6 Å². The molecule has 2 fully saturated rings. The largest absolute Gasteiger partial charge is 0.393 e. The minimum Gasteiger partial charge on any atom is -0.393 e. The summed E-state index contributed by atoms with van der Waals surface area (Å²) in [5.41, 5.74) is 11.1. The SMILES string of the molecule is CC(C)C[C@H](c1ccccn1)n1nc(-c2ccc(N3C4CCC3CC(O)C4)cc2)c2cc(C(N)=O)ccc21. The molecule has 2 aliphatic rings. The molecule has 1 amide bonds. The van der Waals surface area contributed by atoms with Gasteiger partial charge in [-0.3, -0.25) is 14.5 Å². The maximum atomic E-state index is 12.1. The standard InChI is InChI=1S/C31H35N5O2/c1-19(2)15-29(27-5-3-4-14-33-27)36-28-13-8-21(31(32)38)16-26(28)30(34-36)20-6-9-22(10-7-20)35-23-11-12-24(35)18-25(37)17-23/h3-10,13-14,16,19,23-25,29,37H,11-12,15,17-18H2,1-2H3,(H2,32,38)/t23?,24?,25?,29-/m1/s1. The summed E-state index contributed by atoms with van der Waals surface area (Å²) in [5, 5.41) is 16.3. The lowest BCUT2D eigenvalue weighted by Gasteiger charge is -2.39. The Hall–Kier alpha value is -3.71. The Morgan fingerprint density at radius 3 is 2.42 bits per heavy atom. The molecule has 6 rings (SSSR count). The summed E-state index contributed by atoms with van der Waals surface area (Å²) in [6.45, 7) is 4.42. The Labute approximate surface area is 223 Å². The number of primary amides is 1. The van der Waals surface area contributed by atoms with Gasteiger partial charge in [0.1, 0.15) is 5.69 Å². The van der Waals surface area contributed by atoms with Crippen molar-refractivity contribution in [3.05, 3.63) is 78.1 Å². The van der Waals surface area contributed by atoms with Gasteiger partial charge >= 0.3 is 0 Å². The highest BCUT2D eigenvalue weighted by molar-refractivity contribution is 6.01. The van der Waals surface area contributed by atoms with Crippen molar-refractivity contribution in [3.63, 3.8) is 0 Å². The summed E-state index contributed by atoms with van der Waals surface area (Å²) >= 11 is 0. The van der Waals surface area contributed by atoms with E-state index in [0.29, 0.717) is 23.6 Å². The molecule has 2 aromatic heterocycles. The van der Waals surface area contributed by atoms with Crippen molar-refractivity contribution in [3.8, 4) is 11.3 Å². The molecule has 2 unspecified atom stereocenters. The molecule has 2 aliphatic heterocycles. The Bertz CT molecular complexity index is 1430. The maximum Gasteiger partial charge on any atom is 0.248 e. The number of rotatable bonds is 7. The van der Waals surface area contributed by atoms with Crippen LogP contribution in [0.4, 0.5) is 5.69 Å². The van der Waals surface area contributed by atoms with Gasteiger partial charge in [0.2, 0.25) is 5.91 Å². The molecule has 0 spiro atoms.